The fourth-order valence-electron chi connectivity index (χ4n) is 2.78. The number of likely N-dealkylation sites (tertiary alicyclic amines) is 2. The van der Waals surface area contributed by atoms with Gasteiger partial charge < -0.3 is 9.80 Å². The second kappa shape index (κ2) is 5.13. The summed E-state index contributed by atoms with van der Waals surface area (Å²) in [6.07, 6.45) is 7.11. The van der Waals surface area contributed by atoms with E-state index in [1.54, 1.807) is 0 Å². The van der Waals surface area contributed by atoms with Crippen molar-refractivity contribution in [2.24, 2.45) is 5.92 Å². The van der Waals surface area contributed by atoms with Crippen LogP contribution in [0.15, 0.2) is 0 Å². The lowest BCUT2D eigenvalue weighted by atomic mass is 9.96. The summed E-state index contributed by atoms with van der Waals surface area (Å²) in [4.78, 5) is 4.17. The average molecular weight is 196 g/mol. The van der Waals surface area contributed by atoms with Gasteiger partial charge in [-0.25, -0.2) is 0 Å². The maximum Gasteiger partial charge on any atom is 0.0533 e. The van der Waals surface area contributed by atoms with E-state index in [0.717, 1.165) is 5.92 Å². The van der Waals surface area contributed by atoms with Crippen molar-refractivity contribution in [3.8, 4) is 0 Å². The number of hydrogen-bond acceptors (Lipinski definition) is 1. The van der Waals surface area contributed by atoms with E-state index in [1.165, 1.54) is 69.7 Å². The van der Waals surface area contributed by atoms with Crippen LogP contribution in [0.25, 0.3) is 0 Å². The summed E-state index contributed by atoms with van der Waals surface area (Å²) in [6.45, 7) is 6.67. The topological polar surface area (TPSA) is 7.68 Å². The fraction of sp³-hybridized carbons (Fsp3) is 0.917. The molecule has 0 unspecified atom stereocenters. The quantitative estimate of drug-likeness (QED) is 0.634. The van der Waals surface area contributed by atoms with E-state index >= 15 is 0 Å². The highest BCUT2D eigenvalue weighted by molar-refractivity contribution is 4.71. The summed E-state index contributed by atoms with van der Waals surface area (Å²) >= 11 is 0. The molecule has 2 heteroatoms. The molecule has 0 saturated carbocycles. The van der Waals surface area contributed by atoms with Crippen LogP contribution in [0.2, 0.25) is 0 Å². The molecule has 0 atom stereocenters. The summed E-state index contributed by atoms with van der Waals surface area (Å²) in [5.74, 6) is 0.971. The number of piperidine rings is 2. The minimum atomic E-state index is 0.971. The largest absolute Gasteiger partial charge is 0.468 e. The third-order valence-electron chi connectivity index (χ3n) is 3.78. The molecule has 2 saturated heterocycles. The molecular formula is C12H24N2. The standard InChI is InChI=1S/C12H24N2/c1-13-9-5-12(6-10-13)11-14-7-3-2-4-8-14/h12-13H,1-11H2. The van der Waals surface area contributed by atoms with Gasteiger partial charge in [0.15, 0.2) is 0 Å². The highest BCUT2D eigenvalue weighted by atomic mass is 15.1. The molecule has 0 amide bonds. The van der Waals surface area contributed by atoms with Gasteiger partial charge in [-0.2, -0.15) is 7.05 Å². The molecule has 0 bridgehead atoms. The molecular weight excluding hydrogens is 172 g/mol. The van der Waals surface area contributed by atoms with E-state index < -0.39 is 0 Å². The summed E-state index contributed by atoms with van der Waals surface area (Å²) < 4.78 is 0. The van der Waals surface area contributed by atoms with Gasteiger partial charge in [0.05, 0.1) is 13.1 Å². The van der Waals surface area contributed by atoms with Gasteiger partial charge in [-0.3, -0.25) is 0 Å². The van der Waals surface area contributed by atoms with Gasteiger partial charge in [0.1, 0.15) is 0 Å². The molecule has 2 fully saturated rings. The lowest BCUT2D eigenvalue weighted by Gasteiger charge is -2.35. The van der Waals surface area contributed by atoms with Crippen LogP contribution >= 0.6 is 0 Å². The van der Waals surface area contributed by atoms with Crippen molar-refractivity contribution >= 4 is 0 Å². The Kier molecular flexibility index (Phi) is 3.82. The highest BCUT2D eigenvalue weighted by Gasteiger charge is 2.20. The van der Waals surface area contributed by atoms with E-state index in [4.69, 9.17) is 0 Å². The third-order valence-corrected chi connectivity index (χ3v) is 3.78. The molecule has 2 heterocycles. The van der Waals surface area contributed by atoms with E-state index in [2.05, 4.69) is 11.9 Å². The van der Waals surface area contributed by atoms with E-state index in [9.17, 15) is 0 Å². The Morgan fingerprint density at radius 3 is 2.36 bits per heavy atom. The van der Waals surface area contributed by atoms with Gasteiger partial charge in [0.25, 0.3) is 0 Å². The Labute approximate surface area is 88.3 Å². The van der Waals surface area contributed by atoms with E-state index in [0.29, 0.717) is 0 Å². The zero-order valence-electron chi connectivity index (χ0n) is 9.30. The van der Waals surface area contributed by atoms with Crippen molar-refractivity contribution < 1.29 is 4.90 Å². The number of quaternary nitrogens is 1. The van der Waals surface area contributed by atoms with Crippen molar-refractivity contribution in [1.29, 1.82) is 0 Å². The molecule has 2 rings (SSSR count). The smallest absolute Gasteiger partial charge is 0.0533 e. The first-order chi connectivity index (χ1) is 6.84. The summed E-state index contributed by atoms with van der Waals surface area (Å²) in [5.41, 5.74) is 0. The van der Waals surface area contributed by atoms with Crippen molar-refractivity contribution in [2.45, 2.75) is 32.1 Å². The number of nitrogens with zero attached hydrogens (tertiary/aromatic N) is 1. The van der Waals surface area contributed by atoms with Crippen molar-refractivity contribution in [3.63, 3.8) is 0 Å². The Morgan fingerprint density at radius 2 is 1.71 bits per heavy atom. The predicted molar refractivity (Wildman–Crippen MR) is 59.1 cm³/mol. The molecule has 2 aliphatic rings. The van der Waals surface area contributed by atoms with Crippen LogP contribution in [-0.4, -0.2) is 37.6 Å². The first-order valence-corrected chi connectivity index (χ1v) is 6.23. The van der Waals surface area contributed by atoms with Crippen LogP contribution < -0.4 is 4.90 Å². The van der Waals surface area contributed by atoms with Gasteiger partial charge in [-0.15, -0.1) is 0 Å². The van der Waals surface area contributed by atoms with Crippen LogP contribution in [0.3, 0.4) is 0 Å². The van der Waals surface area contributed by atoms with Crippen LogP contribution in [-0.2, 0) is 0 Å². The van der Waals surface area contributed by atoms with Gasteiger partial charge in [0, 0.05) is 6.54 Å². The van der Waals surface area contributed by atoms with Gasteiger partial charge in [0.2, 0.25) is 0 Å². The van der Waals surface area contributed by atoms with E-state index in [1.807, 2.05) is 0 Å². The van der Waals surface area contributed by atoms with Crippen molar-refractivity contribution in [2.75, 3.05) is 32.7 Å². The molecule has 82 valence electrons. The molecule has 0 aromatic carbocycles. The lowest BCUT2D eigenvalue weighted by Crippen LogP contribution is -3.08. The third kappa shape index (κ3) is 2.96. The minimum absolute atomic E-state index is 0.971. The first kappa shape index (κ1) is 10.4. The SMILES string of the molecule is [CH2-][NH+]1CCC(CN2CCCCC2)CC1. The normalized spacial score (nSPS) is 35.8. The molecule has 0 aliphatic carbocycles. The maximum absolute atomic E-state index is 4.08. The van der Waals surface area contributed by atoms with Crippen LogP contribution in [0.4, 0.5) is 0 Å². The predicted octanol–water partition coefficient (Wildman–Crippen LogP) is 0.559. The number of hydrogen-bond donors (Lipinski definition) is 1. The summed E-state index contributed by atoms with van der Waals surface area (Å²) in [6, 6.07) is 0. The second-order valence-electron chi connectivity index (χ2n) is 5.05. The molecule has 0 aromatic heterocycles. The number of nitrogens with one attached hydrogen (secondary N) is 1. The Balaban J connectivity index is 1.68. The molecule has 2 aliphatic heterocycles. The Morgan fingerprint density at radius 1 is 1.07 bits per heavy atom. The van der Waals surface area contributed by atoms with Gasteiger partial charge >= 0.3 is 0 Å². The summed E-state index contributed by atoms with van der Waals surface area (Å²) in [7, 11) is 4.08. The lowest BCUT2D eigenvalue weighted by molar-refractivity contribution is -0.860. The number of rotatable bonds is 2. The van der Waals surface area contributed by atoms with Gasteiger partial charge in [-0.05, 0) is 44.7 Å². The van der Waals surface area contributed by atoms with E-state index in [-0.39, 0.29) is 0 Å². The molecule has 0 radical (unpaired) electrons. The molecule has 14 heavy (non-hydrogen) atoms. The highest BCUT2D eigenvalue weighted by Crippen LogP contribution is 2.15. The van der Waals surface area contributed by atoms with Crippen molar-refractivity contribution in [1.82, 2.24) is 4.90 Å². The maximum atomic E-state index is 4.08. The Hall–Kier alpha value is -0.0800. The van der Waals surface area contributed by atoms with Crippen molar-refractivity contribution in [3.05, 3.63) is 7.05 Å². The molecule has 0 aromatic rings. The zero-order valence-corrected chi connectivity index (χ0v) is 9.30. The molecule has 1 N–H and O–H groups in total. The second-order valence-corrected chi connectivity index (χ2v) is 5.05. The molecule has 2 nitrogen and oxygen atoms in total. The Bertz CT molecular complexity index is 156. The molecule has 0 spiro atoms. The monoisotopic (exact) mass is 196 g/mol. The zero-order chi connectivity index (χ0) is 9.80. The van der Waals surface area contributed by atoms with Crippen LogP contribution in [0.1, 0.15) is 32.1 Å². The van der Waals surface area contributed by atoms with Crippen LogP contribution in [0, 0.1) is 13.0 Å². The fourth-order valence-corrected chi connectivity index (χ4v) is 2.78. The average Bonchev–Trinajstić information content (AvgIpc) is 2.23. The first-order valence-electron chi connectivity index (χ1n) is 6.23. The van der Waals surface area contributed by atoms with Gasteiger partial charge in [-0.1, -0.05) is 6.42 Å². The minimum Gasteiger partial charge on any atom is -0.468 e. The van der Waals surface area contributed by atoms with Crippen LogP contribution in [0.5, 0.6) is 0 Å². The summed E-state index contributed by atoms with van der Waals surface area (Å²) in [5, 5.41) is 0.